The second kappa shape index (κ2) is 10.3. The number of nitrogens with zero attached hydrogens (tertiary/aromatic N) is 1. The van der Waals surface area contributed by atoms with Crippen LogP contribution in [-0.4, -0.2) is 50.1 Å². The monoisotopic (exact) mass is 446 g/mol. The van der Waals surface area contributed by atoms with Gasteiger partial charge in [-0.2, -0.15) is 0 Å². The van der Waals surface area contributed by atoms with Gasteiger partial charge in [-0.05, 0) is 60.9 Å². The lowest BCUT2D eigenvalue weighted by molar-refractivity contribution is -0.126. The number of halogens is 2. The molecule has 1 aliphatic rings. The van der Waals surface area contributed by atoms with Gasteiger partial charge in [-0.1, -0.05) is 11.6 Å². The van der Waals surface area contributed by atoms with Gasteiger partial charge < -0.3 is 19.7 Å². The van der Waals surface area contributed by atoms with E-state index in [1.165, 1.54) is 44.6 Å². The van der Waals surface area contributed by atoms with Crippen molar-refractivity contribution in [1.82, 2.24) is 10.2 Å². The summed E-state index contributed by atoms with van der Waals surface area (Å²) in [6, 6.07) is 8.83. The molecule has 1 aliphatic heterocycles. The van der Waals surface area contributed by atoms with Crippen molar-refractivity contribution in [2.24, 2.45) is 0 Å². The van der Waals surface area contributed by atoms with Gasteiger partial charge in [0.15, 0.2) is 11.5 Å². The van der Waals surface area contributed by atoms with Crippen LogP contribution in [0.15, 0.2) is 42.5 Å². The van der Waals surface area contributed by atoms with Crippen molar-refractivity contribution < 1.29 is 23.5 Å². The first-order valence-electron chi connectivity index (χ1n) is 9.86. The standard InChI is InChI=1S/C23H24ClFN2O4/c1-30-20-14-15(13-19(24)22(20)31-2)3-8-21(28)27-11-9-18(10-12-27)26-23(29)16-4-6-17(25)7-5-16/h3-8,13-14,18H,9-12H2,1-2H3,(H,26,29)/b8-3+. The number of methoxy groups -OCH3 is 2. The van der Waals surface area contributed by atoms with Crippen molar-refractivity contribution in [1.29, 1.82) is 0 Å². The van der Waals surface area contributed by atoms with Crippen LogP contribution in [0.2, 0.25) is 5.02 Å². The van der Waals surface area contributed by atoms with E-state index in [2.05, 4.69) is 5.32 Å². The summed E-state index contributed by atoms with van der Waals surface area (Å²) in [4.78, 5) is 26.5. The Balaban J connectivity index is 1.54. The number of hydrogen-bond donors (Lipinski definition) is 1. The highest BCUT2D eigenvalue weighted by atomic mass is 35.5. The van der Waals surface area contributed by atoms with Crippen LogP contribution in [0.5, 0.6) is 11.5 Å². The Morgan fingerprint density at radius 3 is 2.42 bits per heavy atom. The van der Waals surface area contributed by atoms with Gasteiger partial charge in [0.2, 0.25) is 5.91 Å². The number of benzene rings is 2. The van der Waals surface area contributed by atoms with E-state index in [9.17, 15) is 14.0 Å². The molecule has 2 aromatic carbocycles. The van der Waals surface area contributed by atoms with Crippen molar-refractivity contribution in [3.8, 4) is 11.5 Å². The number of piperidine rings is 1. The first-order chi connectivity index (χ1) is 14.9. The van der Waals surface area contributed by atoms with Crippen molar-refractivity contribution in [2.45, 2.75) is 18.9 Å². The zero-order valence-electron chi connectivity index (χ0n) is 17.4. The Kier molecular flexibility index (Phi) is 7.52. The van der Waals surface area contributed by atoms with Crippen LogP contribution < -0.4 is 14.8 Å². The molecule has 31 heavy (non-hydrogen) atoms. The predicted octanol–water partition coefficient (Wildman–Crippen LogP) is 3.93. The van der Waals surface area contributed by atoms with Crippen molar-refractivity contribution in [3.05, 3.63) is 64.4 Å². The summed E-state index contributed by atoms with van der Waals surface area (Å²) in [5.41, 5.74) is 1.13. The average molecular weight is 447 g/mol. The molecule has 0 aliphatic carbocycles. The third-order valence-electron chi connectivity index (χ3n) is 5.12. The molecule has 0 spiro atoms. The Labute approximate surface area is 185 Å². The van der Waals surface area contributed by atoms with Gasteiger partial charge in [-0.25, -0.2) is 4.39 Å². The number of hydrogen-bond acceptors (Lipinski definition) is 4. The minimum Gasteiger partial charge on any atom is -0.493 e. The maximum atomic E-state index is 13.0. The predicted molar refractivity (Wildman–Crippen MR) is 117 cm³/mol. The van der Waals surface area contributed by atoms with Crippen molar-refractivity contribution >= 4 is 29.5 Å². The Morgan fingerprint density at radius 1 is 1.13 bits per heavy atom. The number of amides is 2. The molecule has 2 aromatic rings. The number of ether oxygens (including phenoxy) is 2. The highest BCUT2D eigenvalue weighted by Gasteiger charge is 2.23. The molecule has 2 amide bonds. The van der Waals surface area contributed by atoms with E-state index >= 15 is 0 Å². The van der Waals surface area contributed by atoms with Crippen LogP contribution in [0.3, 0.4) is 0 Å². The summed E-state index contributed by atoms with van der Waals surface area (Å²) in [5, 5.41) is 3.34. The number of rotatable bonds is 6. The zero-order valence-corrected chi connectivity index (χ0v) is 18.1. The number of carbonyl (C=O) groups excluding carboxylic acids is 2. The van der Waals surface area contributed by atoms with Crippen LogP contribution >= 0.6 is 11.6 Å². The van der Waals surface area contributed by atoms with Gasteiger partial charge in [0.05, 0.1) is 19.2 Å². The molecule has 1 heterocycles. The molecular weight excluding hydrogens is 423 g/mol. The summed E-state index contributed by atoms with van der Waals surface area (Å²) in [7, 11) is 3.03. The summed E-state index contributed by atoms with van der Waals surface area (Å²) in [5.74, 6) is 0.188. The molecule has 1 fully saturated rings. The van der Waals surface area contributed by atoms with Crippen LogP contribution in [0.1, 0.15) is 28.8 Å². The van der Waals surface area contributed by atoms with E-state index in [1.54, 1.807) is 23.1 Å². The Bertz CT molecular complexity index is 970. The highest BCUT2D eigenvalue weighted by Crippen LogP contribution is 2.36. The van der Waals surface area contributed by atoms with Gasteiger partial charge in [0, 0.05) is 30.8 Å². The Hall–Kier alpha value is -3.06. The second-order valence-corrected chi connectivity index (χ2v) is 7.56. The molecule has 0 bridgehead atoms. The van der Waals surface area contributed by atoms with Crippen LogP contribution in [0, 0.1) is 5.82 Å². The average Bonchev–Trinajstić information content (AvgIpc) is 2.77. The maximum absolute atomic E-state index is 13.0. The number of likely N-dealkylation sites (tertiary alicyclic amines) is 1. The van der Waals surface area contributed by atoms with Gasteiger partial charge in [0.25, 0.3) is 5.91 Å². The lowest BCUT2D eigenvalue weighted by atomic mass is 10.0. The highest BCUT2D eigenvalue weighted by molar-refractivity contribution is 6.32. The molecule has 6 nitrogen and oxygen atoms in total. The normalized spacial score (nSPS) is 14.5. The molecule has 1 saturated heterocycles. The quantitative estimate of drug-likeness (QED) is 0.683. The molecule has 0 unspecified atom stereocenters. The van der Waals surface area contributed by atoms with Gasteiger partial charge in [-0.3, -0.25) is 9.59 Å². The summed E-state index contributed by atoms with van der Waals surface area (Å²) < 4.78 is 23.5. The van der Waals surface area contributed by atoms with E-state index in [4.69, 9.17) is 21.1 Å². The largest absolute Gasteiger partial charge is 0.493 e. The molecule has 8 heteroatoms. The van der Waals surface area contributed by atoms with Gasteiger partial charge in [0.1, 0.15) is 5.82 Å². The minimum absolute atomic E-state index is 0.0322. The molecule has 0 aromatic heterocycles. The number of carbonyl (C=O) groups is 2. The van der Waals surface area contributed by atoms with Crippen LogP contribution in [0.25, 0.3) is 6.08 Å². The summed E-state index contributed by atoms with van der Waals surface area (Å²) >= 11 is 6.20. The molecule has 164 valence electrons. The van der Waals surface area contributed by atoms with E-state index in [-0.39, 0.29) is 23.7 Å². The third kappa shape index (κ3) is 5.76. The zero-order chi connectivity index (χ0) is 22.4. The van der Waals surface area contributed by atoms with Crippen molar-refractivity contribution in [3.63, 3.8) is 0 Å². The second-order valence-electron chi connectivity index (χ2n) is 7.15. The first kappa shape index (κ1) is 22.6. The molecule has 0 radical (unpaired) electrons. The molecular formula is C23H24ClFN2O4. The van der Waals surface area contributed by atoms with Crippen LogP contribution in [0.4, 0.5) is 4.39 Å². The molecule has 1 N–H and O–H groups in total. The number of nitrogens with one attached hydrogen (secondary N) is 1. The maximum Gasteiger partial charge on any atom is 0.251 e. The lowest BCUT2D eigenvalue weighted by Gasteiger charge is -2.31. The van der Waals surface area contributed by atoms with E-state index in [0.29, 0.717) is 48.0 Å². The lowest BCUT2D eigenvalue weighted by Crippen LogP contribution is -2.46. The Morgan fingerprint density at radius 2 is 1.81 bits per heavy atom. The summed E-state index contributed by atoms with van der Waals surface area (Å²) in [6.45, 7) is 1.06. The topological polar surface area (TPSA) is 67.9 Å². The fraction of sp³-hybridized carbons (Fsp3) is 0.304. The van der Waals surface area contributed by atoms with E-state index in [0.717, 1.165) is 5.56 Å². The molecule has 0 atom stereocenters. The fourth-order valence-electron chi connectivity index (χ4n) is 3.42. The van der Waals surface area contributed by atoms with Gasteiger partial charge in [-0.15, -0.1) is 0 Å². The first-order valence-corrected chi connectivity index (χ1v) is 10.2. The van der Waals surface area contributed by atoms with Crippen molar-refractivity contribution in [2.75, 3.05) is 27.3 Å². The van der Waals surface area contributed by atoms with E-state index in [1.807, 2.05) is 0 Å². The minimum atomic E-state index is -0.383. The molecule has 0 saturated carbocycles. The smallest absolute Gasteiger partial charge is 0.251 e. The SMILES string of the molecule is COc1cc(/C=C/C(=O)N2CCC(NC(=O)c3ccc(F)cc3)CC2)cc(Cl)c1OC. The molecule has 3 rings (SSSR count). The van der Waals surface area contributed by atoms with E-state index < -0.39 is 0 Å². The fourth-order valence-corrected chi connectivity index (χ4v) is 3.72. The third-order valence-corrected chi connectivity index (χ3v) is 5.40. The van der Waals surface area contributed by atoms with Gasteiger partial charge >= 0.3 is 0 Å². The van der Waals surface area contributed by atoms with Crippen LogP contribution in [-0.2, 0) is 4.79 Å². The summed E-state index contributed by atoms with van der Waals surface area (Å²) in [6.07, 6.45) is 4.47.